The van der Waals surface area contributed by atoms with Gasteiger partial charge in [0.25, 0.3) is 0 Å². The van der Waals surface area contributed by atoms with Crippen molar-refractivity contribution in [2.75, 3.05) is 0 Å². The zero-order valence-electron chi connectivity index (χ0n) is 29.8. The van der Waals surface area contributed by atoms with Gasteiger partial charge in [0.1, 0.15) is 0 Å². The van der Waals surface area contributed by atoms with Gasteiger partial charge >= 0.3 is 0 Å². The van der Waals surface area contributed by atoms with Gasteiger partial charge in [0, 0.05) is 23.1 Å². The fraction of sp³-hybridized carbons (Fsp3) is 0.137. The molecule has 0 unspecified atom stereocenters. The lowest BCUT2D eigenvalue weighted by Crippen LogP contribution is -1.93. The van der Waals surface area contributed by atoms with E-state index in [0.29, 0.717) is 0 Å². The van der Waals surface area contributed by atoms with Crippen molar-refractivity contribution in [3.63, 3.8) is 0 Å². The molecule has 51 heavy (non-hydrogen) atoms. The van der Waals surface area contributed by atoms with Crippen LogP contribution >= 0.6 is 0 Å². The molecule has 0 aliphatic heterocycles. The lowest BCUT2D eigenvalue weighted by atomic mass is 9.89. The van der Waals surface area contributed by atoms with Crippen molar-refractivity contribution >= 4 is 0 Å². The molecule has 23 rings (SSSR count). The molecule has 0 N–H and O–H groups in total. The van der Waals surface area contributed by atoms with Crippen LogP contribution in [0.3, 0.4) is 0 Å². The Morgan fingerprint density at radius 3 is 1.04 bits per heavy atom. The predicted octanol–water partition coefficient (Wildman–Crippen LogP) is 13.6. The van der Waals surface area contributed by atoms with Crippen LogP contribution < -0.4 is 0 Å². The fourth-order valence-corrected chi connectivity index (χ4v) is 7.79. The maximum atomic E-state index is 3.69. The summed E-state index contributed by atoms with van der Waals surface area (Å²) in [4.78, 5) is 0. The van der Waals surface area contributed by atoms with E-state index in [4.69, 9.17) is 0 Å². The van der Waals surface area contributed by atoms with E-state index in [-0.39, 0.29) is 0 Å². The first-order valence-corrected chi connectivity index (χ1v) is 18.1. The Balaban J connectivity index is 1.31. The highest BCUT2D eigenvalue weighted by Crippen LogP contribution is 2.38. The SMILES string of the molecule is CC#Cc1cc2c(C#CC3=C(CC)C(CC)=C(C)C3)cc1-c1ccc(cc1)-c1ccc(cc1)-c1ccc(cc1)-c1ccc(cc1)-c1ccc-2cc1. The summed E-state index contributed by atoms with van der Waals surface area (Å²) in [5.74, 6) is 14.0. The second kappa shape index (κ2) is 13.7. The van der Waals surface area contributed by atoms with Crippen LogP contribution in [0.1, 0.15) is 58.1 Å². The van der Waals surface area contributed by atoms with Crippen LogP contribution in [0.5, 0.6) is 0 Å². The summed E-state index contributed by atoms with van der Waals surface area (Å²) in [7, 11) is 0. The van der Waals surface area contributed by atoms with Crippen molar-refractivity contribution in [3.05, 3.63) is 167 Å². The molecule has 0 saturated heterocycles. The zero-order chi connectivity index (χ0) is 34.9. The fourth-order valence-electron chi connectivity index (χ4n) is 7.79. The molecule has 0 heterocycles. The average Bonchev–Trinajstić information content (AvgIpc) is 3.51. The van der Waals surface area contributed by atoms with E-state index >= 15 is 0 Å². The Bertz CT molecular complexity index is 2460. The van der Waals surface area contributed by atoms with Gasteiger partial charge < -0.3 is 0 Å². The quantitative estimate of drug-likeness (QED) is 0.163. The van der Waals surface area contributed by atoms with Crippen LogP contribution in [-0.2, 0) is 0 Å². The van der Waals surface area contributed by atoms with Gasteiger partial charge in [-0.05, 0) is 117 Å². The minimum atomic E-state index is 0.946. The predicted molar refractivity (Wildman–Crippen MR) is 217 cm³/mol. The van der Waals surface area contributed by atoms with E-state index < -0.39 is 0 Å². The Labute approximate surface area is 303 Å². The first-order valence-electron chi connectivity index (χ1n) is 18.1. The number of rotatable bonds is 2. The standard InChI is InChI=1S/C51H40/c1-5-8-45-32-51-44-27-23-42(24-28-44)40-19-15-38(16-20-40)36-11-9-35(10-12-36)37-13-17-39(18-14-37)41-21-25-43(26-22-41)50(45)33-47(51)30-29-46-31-34(4)48(6-2)49(46)7-3/h9-28,32-33H,6-7,31H2,1-4H3. The zero-order valence-corrected chi connectivity index (χ0v) is 29.8. The summed E-state index contributed by atoms with van der Waals surface area (Å²) < 4.78 is 0. The Morgan fingerprint density at radius 2 is 0.725 bits per heavy atom. The molecule has 0 amide bonds. The molecule has 0 nitrogen and oxygen atoms in total. The average molecular weight is 653 g/mol. The molecule has 0 atom stereocenters. The molecule has 6 aromatic carbocycles. The molecule has 12 bridgehead atoms. The molecule has 0 radical (unpaired) electrons. The van der Waals surface area contributed by atoms with E-state index in [1.807, 2.05) is 6.92 Å². The van der Waals surface area contributed by atoms with Crippen molar-refractivity contribution in [3.8, 4) is 90.4 Å². The normalized spacial score (nSPS) is 12.7. The lowest BCUT2D eigenvalue weighted by molar-refractivity contribution is 1.02. The maximum Gasteiger partial charge on any atom is 0.0334 e. The second-order valence-electron chi connectivity index (χ2n) is 13.6. The van der Waals surface area contributed by atoms with E-state index in [1.54, 1.807) is 0 Å². The van der Waals surface area contributed by atoms with Crippen LogP contribution in [-0.4, -0.2) is 0 Å². The van der Waals surface area contributed by atoms with Gasteiger partial charge in [-0.2, -0.15) is 0 Å². The van der Waals surface area contributed by atoms with Crippen molar-refractivity contribution in [1.29, 1.82) is 0 Å². The van der Waals surface area contributed by atoms with E-state index in [2.05, 4.69) is 178 Å². The van der Waals surface area contributed by atoms with Crippen LogP contribution in [0.2, 0.25) is 0 Å². The Kier molecular flexibility index (Phi) is 8.62. The van der Waals surface area contributed by atoms with Crippen LogP contribution in [0.15, 0.2) is 156 Å². The topological polar surface area (TPSA) is 0 Å². The summed E-state index contributed by atoms with van der Waals surface area (Å²) in [5.41, 5.74) is 21.8. The van der Waals surface area contributed by atoms with Gasteiger partial charge in [-0.3, -0.25) is 0 Å². The van der Waals surface area contributed by atoms with Crippen molar-refractivity contribution in [1.82, 2.24) is 0 Å². The lowest BCUT2D eigenvalue weighted by Gasteiger charge is -2.14. The van der Waals surface area contributed by atoms with Gasteiger partial charge in [0.15, 0.2) is 0 Å². The minimum absolute atomic E-state index is 0.946. The van der Waals surface area contributed by atoms with Crippen LogP contribution in [0.25, 0.3) is 66.8 Å². The maximum absolute atomic E-state index is 3.69. The summed E-state index contributed by atoms with van der Waals surface area (Å²) in [6, 6.07) is 49.0. The molecular weight excluding hydrogens is 613 g/mol. The monoisotopic (exact) mass is 652 g/mol. The number of benzene rings is 6. The van der Waals surface area contributed by atoms with Crippen LogP contribution in [0, 0.1) is 23.7 Å². The van der Waals surface area contributed by atoms with Gasteiger partial charge in [0.05, 0.1) is 0 Å². The number of allylic oxidation sites excluding steroid dienone is 4. The Hall–Kier alpha value is -6.08. The third-order valence-electron chi connectivity index (χ3n) is 10.5. The molecule has 0 saturated carbocycles. The first-order chi connectivity index (χ1) is 25.0. The third kappa shape index (κ3) is 6.16. The molecule has 17 aliphatic rings. The van der Waals surface area contributed by atoms with Crippen molar-refractivity contribution in [2.24, 2.45) is 0 Å². The van der Waals surface area contributed by atoms with Crippen LogP contribution in [0.4, 0.5) is 0 Å². The highest BCUT2D eigenvalue weighted by atomic mass is 14.2. The third-order valence-corrected chi connectivity index (χ3v) is 10.5. The first kappa shape index (κ1) is 32.1. The molecule has 0 heteroatoms. The largest absolute Gasteiger partial charge is 0.101 e. The van der Waals surface area contributed by atoms with Gasteiger partial charge in [-0.15, -0.1) is 5.92 Å². The summed E-state index contributed by atoms with van der Waals surface area (Å²) in [6.07, 6.45) is 3.02. The molecule has 0 fully saturated rings. The number of hydrogen-bond acceptors (Lipinski definition) is 0. The summed E-state index contributed by atoms with van der Waals surface area (Å²) >= 11 is 0. The highest BCUT2D eigenvalue weighted by molar-refractivity contribution is 5.84. The Morgan fingerprint density at radius 1 is 0.412 bits per heavy atom. The molecule has 0 spiro atoms. The highest BCUT2D eigenvalue weighted by Gasteiger charge is 2.19. The molecule has 244 valence electrons. The molecule has 0 aromatic heterocycles. The molecule has 17 aliphatic carbocycles. The summed E-state index contributed by atoms with van der Waals surface area (Å²) in [5, 5.41) is 0. The molecular formula is C51H40. The van der Waals surface area contributed by atoms with Gasteiger partial charge in [-0.1, -0.05) is 159 Å². The smallest absolute Gasteiger partial charge is 0.0334 e. The van der Waals surface area contributed by atoms with Crippen molar-refractivity contribution in [2.45, 2.75) is 47.0 Å². The van der Waals surface area contributed by atoms with Crippen molar-refractivity contribution < 1.29 is 0 Å². The molecule has 6 aromatic rings. The number of hydrogen-bond donors (Lipinski definition) is 0. The summed E-state index contributed by atoms with van der Waals surface area (Å²) in [6.45, 7) is 8.69. The van der Waals surface area contributed by atoms with E-state index in [0.717, 1.165) is 52.6 Å². The van der Waals surface area contributed by atoms with Gasteiger partial charge in [-0.25, -0.2) is 0 Å². The minimum Gasteiger partial charge on any atom is -0.101 e. The van der Waals surface area contributed by atoms with E-state index in [1.165, 1.54) is 66.8 Å². The van der Waals surface area contributed by atoms with Gasteiger partial charge in [0.2, 0.25) is 0 Å². The second-order valence-corrected chi connectivity index (χ2v) is 13.6. The van der Waals surface area contributed by atoms with E-state index in [9.17, 15) is 0 Å².